The van der Waals surface area contributed by atoms with Crippen molar-refractivity contribution >= 4 is 12.6 Å². The van der Waals surface area contributed by atoms with Crippen LogP contribution < -0.4 is 0 Å². The topological polar surface area (TPSA) is 9.23 Å². The van der Waals surface area contributed by atoms with Crippen molar-refractivity contribution in [2.75, 3.05) is 19.0 Å². The van der Waals surface area contributed by atoms with Gasteiger partial charge in [-0.1, -0.05) is 51.4 Å². The summed E-state index contributed by atoms with van der Waals surface area (Å²) in [7, 11) is 0. The molecule has 0 aromatic carbocycles. The highest BCUT2D eigenvalue weighted by Crippen LogP contribution is 2.29. The minimum absolute atomic E-state index is 0.989. The van der Waals surface area contributed by atoms with E-state index < -0.39 is 0 Å². The third-order valence-electron chi connectivity index (χ3n) is 3.84. The van der Waals surface area contributed by atoms with Crippen LogP contribution in [0.3, 0.4) is 0 Å². The maximum Gasteiger partial charge on any atom is 0.0468 e. The molecule has 0 bridgehead atoms. The summed E-state index contributed by atoms with van der Waals surface area (Å²) in [4.78, 5) is 0. The van der Waals surface area contributed by atoms with E-state index in [-0.39, 0.29) is 0 Å². The molecule has 1 saturated carbocycles. The van der Waals surface area contributed by atoms with Crippen LogP contribution in [0.1, 0.15) is 70.6 Å². The molecule has 0 saturated heterocycles. The molecule has 0 heterocycles. The standard InChI is InChI=1S/C15H30OS/c17-14-7-5-3-1-2-4-6-12-16-13-11-15-9-8-10-15/h15,17H,1-14H2. The zero-order chi connectivity index (χ0) is 12.2. The summed E-state index contributed by atoms with van der Waals surface area (Å²) >= 11 is 4.22. The lowest BCUT2D eigenvalue weighted by molar-refractivity contribution is 0.103. The molecular weight excluding hydrogens is 228 g/mol. The first kappa shape index (κ1) is 15.4. The molecule has 0 aromatic rings. The smallest absolute Gasteiger partial charge is 0.0468 e. The fourth-order valence-corrected chi connectivity index (χ4v) is 2.56. The van der Waals surface area contributed by atoms with Crippen LogP contribution in [0.2, 0.25) is 0 Å². The van der Waals surface area contributed by atoms with Crippen molar-refractivity contribution in [3.63, 3.8) is 0 Å². The number of ether oxygens (including phenoxy) is 1. The molecule has 0 aromatic heterocycles. The van der Waals surface area contributed by atoms with Gasteiger partial charge in [0.2, 0.25) is 0 Å². The summed E-state index contributed by atoms with van der Waals surface area (Å²) in [6.45, 7) is 2.00. The van der Waals surface area contributed by atoms with E-state index in [0.29, 0.717) is 0 Å². The molecule has 2 heteroatoms. The fourth-order valence-electron chi connectivity index (χ4n) is 2.33. The molecule has 0 N–H and O–H groups in total. The lowest BCUT2D eigenvalue weighted by atomic mass is 9.83. The van der Waals surface area contributed by atoms with E-state index in [4.69, 9.17) is 4.74 Å². The van der Waals surface area contributed by atoms with E-state index in [0.717, 1.165) is 24.9 Å². The Hall–Kier alpha value is 0.310. The van der Waals surface area contributed by atoms with E-state index in [1.807, 2.05) is 0 Å². The monoisotopic (exact) mass is 258 g/mol. The highest BCUT2D eigenvalue weighted by atomic mass is 32.1. The largest absolute Gasteiger partial charge is 0.381 e. The Kier molecular flexibility index (Phi) is 10.3. The Labute approximate surface area is 113 Å². The van der Waals surface area contributed by atoms with Crippen molar-refractivity contribution in [3.8, 4) is 0 Å². The van der Waals surface area contributed by atoms with Crippen molar-refractivity contribution < 1.29 is 4.74 Å². The minimum Gasteiger partial charge on any atom is -0.381 e. The number of thiol groups is 1. The quantitative estimate of drug-likeness (QED) is 0.389. The van der Waals surface area contributed by atoms with Gasteiger partial charge in [0.15, 0.2) is 0 Å². The van der Waals surface area contributed by atoms with Gasteiger partial charge >= 0.3 is 0 Å². The Bertz CT molecular complexity index is 157. The molecule has 1 fully saturated rings. The van der Waals surface area contributed by atoms with Crippen LogP contribution in [0, 0.1) is 5.92 Å². The van der Waals surface area contributed by atoms with Crippen LogP contribution in [-0.2, 0) is 4.74 Å². The van der Waals surface area contributed by atoms with Crippen molar-refractivity contribution in [1.82, 2.24) is 0 Å². The maximum absolute atomic E-state index is 5.68. The van der Waals surface area contributed by atoms with Gasteiger partial charge in [-0.05, 0) is 30.9 Å². The van der Waals surface area contributed by atoms with Gasteiger partial charge in [-0.25, -0.2) is 0 Å². The van der Waals surface area contributed by atoms with Crippen LogP contribution in [-0.4, -0.2) is 19.0 Å². The van der Waals surface area contributed by atoms with Crippen LogP contribution in [0.5, 0.6) is 0 Å². The summed E-state index contributed by atoms with van der Waals surface area (Å²) in [6.07, 6.45) is 15.1. The van der Waals surface area contributed by atoms with E-state index in [1.165, 1.54) is 70.6 Å². The molecule has 0 atom stereocenters. The summed E-state index contributed by atoms with van der Waals surface area (Å²) < 4.78 is 5.68. The zero-order valence-electron chi connectivity index (χ0n) is 11.3. The minimum atomic E-state index is 0.989. The van der Waals surface area contributed by atoms with Crippen LogP contribution >= 0.6 is 12.6 Å². The average molecular weight is 258 g/mol. The van der Waals surface area contributed by atoms with Gasteiger partial charge in [-0.15, -0.1) is 0 Å². The molecule has 1 nitrogen and oxygen atoms in total. The van der Waals surface area contributed by atoms with Gasteiger partial charge < -0.3 is 4.74 Å². The Morgan fingerprint density at radius 3 is 2.06 bits per heavy atom. The predicted octanol–water partition coefficient (Wildman–Crippen LogP) is 4.85. The molecule has 102 valence electrons. The van der Waals surface area contributed by atoms with Gasteiger partial charge in [-0.3, -0.25) is 0 Å². The fraction of sp³-hybridized carbons (Fsp3) is 1.00. The van der Waals surface area contributed by atoms with Crippen molar-refractivity contribution in [2.45, 2.75) is 70.6 Å². The lowest BCUT2D eigenvalue weighted by Gasteiger charge is -2.24. The Morgan fingerprint density at radius 2 is 1.47 bits per heavy atom. The van der Waals surface area contributed by atoms with E-state index in [9.17, 15) is 0 Å². The van der Waals surface area contributed by atoms with Gasteiger partial charge in [0, 0.05) is 13.2 Å². The number of unbranched alkanes of at least 4 members (excludes halogenated alkanes) is 6. The van der Waals surface area contributed by atoms with Crippen molar-refractivity contribution in [2.24, 2.45) is 5.92 Å². The highest BCUT2D eigenvalue weighted by molar-refractivity contribution is 7.80. The van der Waals surface area contributed by atoms with Crippen LogP contribution in [0.25, 0.3) is 0 Å². The molecule has 0 unspecified atom stereocenters. The highest BCUT2D eigenvalue weighted by Gasteiger charge is 2.16. The molecule has 0 spiro atoms. The molecule has 17 heavy (non-hydrogen) atoms. The van der Waals surface area contributed by atoms with E-state index in [2.05, 4.69) is 12.6 Å². The predicted molar refractivity (Wildman–Crippen MR) is 78.9 cm³/mol. The molecule has 0 radical (unpaired) electrons. The molecular formula is C15H30OS. The average Bonchev–Trinajstić information content (AvgIpc) is 2.28. The molecule has 1 aliphatic carbocycles. The summed E-state index contributed by atoms with van der Waals surface area (Å²) in [5.41, 5.74) is 0. The van der Waals surface area contributed by atoms with Gasteiger partial charge in [0.25, 0.3) is 0 Å². The third kappa shape index (κ3) is 8.96. The lowest BCUT2D eigenvalue weighted by Crippen LogP contribution is -2.13. The SMILES string of the molecule is SCCCCCCCCCOCCC1CCC1. The van der Waals surface area contributed by atoms with E-state index in [1.54, 1.807) is 0 Å². The molecule has 0 aliphatic heterocycles. The van der Waals surface area contributed by atoms with Crippen LogP contribution in [0.4, 0.5) is 0 Å². The first-order valence-corrected chi connectivity index (χ1v) is 8.25. The Morgan fingerprint density at radius 1 is 0.824 bits per heavy atom. The third-order valence-corrected chi connectivity index (χ3v) is 4.16. The second-order valence-corrected chi connectivity index (χ2v) is 5.84. The summed E-state index contributed by atoms with van der Waals surface area (Å²) in [5, 5.41) is 0. The molecule has 0 amide bonds. The first-order valence-electron chi connectivity index (χ1n) is 7.62. The van der Waals surface area contributed by atoms with Crippen molar-refractivity contribution in [1.29, 1.82) is 0 Å². The number of hydrogen-bond donors (Lipinski definition) is 1. The number of rotatable bonds is 12. The van der Waals surface area contributed by atoms with Gasteiger partial charge in [0.05, 0.1) is 0 Å². The van der Waals surface area contributed by atoms with Crippen molar-refractivity contribution in [3.05, 3.63) is 0 Å². The molecule has 1 aliphatic rings. The zero-order valence-corrected chi connectivity index (χ0v) is 12.2. The first-order chi connectivity index (χ1) is 8.43. The van der Waals surface area contributed by atoms with Gasteiger partial charge in [-0.2, -0.15) is 12.6 Å². The van der Waals surface area contributed by atoms with E-state index >= 15 is 0 Å². The van der Waals surface area contributed by atoms with Crippen LogP contribution in [0.15, 0.2) is 0 Å². The molecule has 1 rings (SSSR count). The maximum atomic E-state index is 5.68. The number of hydrogen-bond acceptors (Lipinski definition) is 2. The van der Waals surface area contributed by atoms with Gasteiger partial charge in [0.1, 0.15) is 0 Å². The summed E-state index contributed by atoms with van der Waals surface area (Å²) in [6, 6.07) is 0. The summed E-state index contributed by atoms with van der Waals surface area (Å²) in [5.74, 6) is 2.05. The second-order valence-electron chi connectivity index (χ2n) is 5.40. The second kappa shape index (κ2) is 11.4. The normalized spacial score (nSPS) is 16.1. The Balaban J connectivity index is 1.64.